The molecule has 2 N–H and O–H groups in total. The molecule has 4 nitrogen and oxygen atoms in total. The fourth-order valence-corrected chi connectivity index (χ4v) is 2.97. The zero-order chi connectivity index (χ0) is 13.8. The highest BCUT2D eigenvalue weighted by Gasteiger charge is 2.30. The second-order valence-corrected chi connectivity index (χ2v) is 5.87. The molecule has 0 spiro atoms. The summed E-state index contributed by atoms with van der Waals surface area (Å²) in [5.41, 5.74) is 0.668. The van der Waals surface area contributed by atoms with Gasteiger partial charge in [-0.1, -0.05) is 18.9 Å². The highest BCUT2D eigenvalue weighted by Crippen LogP contribution is 2.31. The molecule has 110 valence electrons. The maximum atomic E-state index is 10.3. The van der Waals surface area contributed by atoms with Crippen LogP contribution in [0.5, 0.6) is 11.5 Å². The summed E-state index contributed by atoms with van der Waals surface area (Å²) >= 11 is 0. The van der Waals surface area contributed by atoms with Crippen molar-refractivity contribution in [2.24, 2.45) is 0 Å². The average Bonchev–Trinajstić information content (AvgIpc) is 2.74. The minimum atomic E-state index is -0.495. The van der Waals surface area contributed by atoms with Crippen LogP contribution in [-0.2, 0) is 6.54 Å². The number of fused-ring (bicyclic) bond motifs is 1. The monoisotopic (exact) mass is 277 g/mol. The van der Waals surface area contributed by atoms with E-state index in [1.165, 1.54) is 0 Å². The molecular formula is C16H23NO3. The van der Waals surface area contributed by atoms with Crippen LogP contribution in [0.3, 0.4) is 0 Å². The number of benzene rings is 1. The fourth-order valence-electron chi connectivity index (χ4n) is 2.97. The van der Waals surface area contributed by atoms with Gasteiger partial charge in [-0.25, -0.2) is 0 Å². The van der Waals surface area contributed by atoms with Crippen LogP contribution in [0.4, 0.5) is 0 Å². The first kappa shape index (κ1) is 13.7. The number of hydrogen-bond donors (Lipinski definition) is 2. The van der Waals surface area contributed by atoms with Gasteiger partial charge >= 0.3 is 0 Å². The second-order valence-electron chi connectivity index (χ2n) is 5.87. The van der Waals surface area contributed by atoms with Crippen molar-refractivity contribution in [1.82, 2.24) is 5.32 Å². The normalized spacial score (nSPS) is 20.6. The Hall–Kier alpha value is -1.26. The lowest BCUT2D eigenvalue weighted by Crippen LogP contribution is -2.37. The zero-order valence-electron chi connectivity index (χ0n) is 11.9. The van der Waals surface area contributed by atoms with Gasteiger partial charge in [-0.05, 0) is 30.5 Å². The molecule has 0 unspecified atom stereocenters. The van der Waals surface area contributed by atoms with Gasteiger partial charge in [-0.15, -0.1) is 0 Å². The van der Waals surface area contributed by atoms with Crippen molar-refractivity contribution in [2.45, 2.75) is 44.2 Å². The van der Waals surface area contributed by atoms with Crippen LogP contribution in [0, 0.1) is 0 Å². The zero-order valence-corrected chi connectivity index (χ0v) is 11.9. The van der Waals surface area contributed by atoms with Gasteiger partial charge in [0.15, 0.2) is 11.5 Å². The second kappa shape index (κ2) is 6.02. The van der Waals surface area contributed by atoms with Gasteiger partial charge in [0, 0.05) is 19.5 Å². The van der Waals surface area contributed by atoms with Crippen LogP contribution in [0.15, 0.2) is 18.2 Å². The van der Waals surface area contributed by atoms with Gasteiger partial charge < -0.3 is 19.9 Å². The number of nitrogens with one attached hydrogen (secondary N) is 1. The van der Waals surface area contributed by atoms with Crippen molar-refractivity contribution < 1.29 is 14.6 Å². The van der Waals surface area contributed by atoms with Crippen molar-refractivity contribution in [1.29, 1.82) is 0 Å². The predicted molar refractivity (Wildman–Crippen MR) is 77.2 cm³/mol. The highest BCUT2D eigenvalue weighted by atomic mass is 16.5. The molecule has 1 saturated carbocycles. The van der Waals surface area contributed by atoms with Crippen LogP contribution in [0.1, 0.15) is 37.7 Å². The molecule has 0 amide bonds. The Labute approximate surface area is 120 Å². The first-order valence-corrected chi connectivity index (χ1v) is 7.57. The molecule has 1 aliphatic carbocycles. The van der Waals surface area contributed by atoms with E-state index in [4.69, 9.17) is 9.47 Å². The Balaban J connectivity index is 1.56. The molecule has 4 heteroatoms. The number of rotatable bonds is 4. The van der Waals surface area contributed by atoms with E-state index < -0.39 is 5.60 Å². The summed E-state index contributed by atoms with van der Waals surface area (Å²) in [6.07, 6.45) is 5.04. The Kier molecular flexibility index (Phi) is 4.13. The third-order valence-electron chi connectivity index (χ3n) is 4.13. The first-order chi connectivity index (χ1) is 9.75. The van der Waals surface area contributed by atoms with Gasteiger partial charge in [0.2, 0.25) is 0 Å². The molecule has 1 aliphatic heterocycles. The maximum absolute atomic E-state index is 10.3. The SMILES string of the molecule is OC1(CNCc2ccc3c(c2)OCCCO3)CCCC1. The molecule has 3 rings (SSSR count). The van der Waals surface area contributed by atoms with Crippen LogP contribution in [0.2, 0.25) is 0 Å². The molecule has 0 saturated heterocycles. The standard InChI is InChI=1S/C16H23NO3/c18-16(6-1-2-7-16)12-17-11-13-4-5-14-15(10-13)20-9-3-8-19-14/h4-5,10,17-18H,1-3,6-9,11-12H2. The summed E-state index contributed by atoms with van der Waals surface area (Å²) in [7, 11) is 0. The van der Waals surface area contributed by atoms with Crippen LogP contribution >= 0.6 is 0 Å². The third-order valence-corrected chi connectivity index (χ3v) is 4.13. The van der Waals surface area contributed by atoms with Crippen molar-refractivity contribution in [2.75, 3.05) is 19.8 Å². The number of ether oxygens (including phenoxy) is 2. The molecule has 1 fully saturated rings. The minimum absolute atomic E-state index is 0.495. The van der Waals surface area contributed by atoms with E-state index in [1.807, 2.05) is 12.1 Å². The van der Waals surface area contributed by atoms with Crippen LogP contribution in [0.25, 0.3) is 0 Å². The van der Waals surface area contributed by atoms with E-state index in [1.54, 1.807) is 0 Å². The fraction of sp³-hybridized carbons (Fsp3) is 0.625. The van der Waals surface area contributed by atoms with Gasteiger partial charge in [-0.2, -0.15) is 0 Å². The van der Waals surface area contributed by atoms with Crippen molar-refractivity contribution in [3.63, 3.8) is 0 Å². The molecule has 1 heterocycles. The van der Waals surface area contributed by atoms with Crippen molar-refractivity contribution in [3.8, 4) is 11.5 Å². The summed E-state index contributed by atoms with van der Waals surface area (Å²) < 4.78 is 11.3. The molecule has 20 heavy (non-hydrogen) atoms. The molecule has 0 aromatic heterocycles. The smallest absolute Gasteiger partial charge is 0.161 e. The van der Waals surface area contributed by atoms with E-state index in [2.05, 4.69) is 11.4 Å². The van der Waals surface area contributed by atoms with Gasteiger partial charge in [0.05, 0.1) is 18.8 Å². The summed E-state index contributed by atoms with van der Waals surface area (Å²) in [5.74, 6) is 1.67. The number of hydrogen-bond acceptors (Lipinski definition) is 4. The van der Waals surface area contributed by atoms with Crippen molar-refractivity contribution >= 4 is 0 Å². The van der Waals surface area contributed by atoms with Crippen LogP contribution < -0.4 is 14.8 Å². The third kappa shape index (κ3) is 3.25. The molecular weight excluding hydrogens is 254 g/mol. The largest absolute Gasteiger partial charge is 0.490 e. The van der Waals surface area contributed by atoms with Gasteiger partial charge in [0.1, 0.15) is 0 Å². The molecule has 0 radical (unpaired) electrons. The van der Waals surface area contributed by atoms with E-state index >= 15 is 0 Å². The number of aliphatic hydroxyl groups is 1. The Bertz CT molecular complexity index is 455. The lowest BCUT2D eigenvalue weighted by molar-refractivity contribution is 0.0475. The predicted octanol–water partition coefficient (Wildman–Crippen LogP) is 2.24. The van der Waals surface area contributed by atoms with Gasteiger partial charge in [-0.3, -0.25) is 0 Å². The lowest BCUT2D eigenvalue weighted by Gasteiger charge is -2.22. The van der Waals surface area contributed by atoms with E-state index in [0.717, 1.165) is 62.3 Å². The van der Waals surface area contributed by atoms with E-state index in [9.17, 15) is 5.11 Å². The van der Waals surface area contributed by atoms with Gasteiger partial charge in [0.25, 0.3) is 0 Å². The first-order valence-electron chi connectivity index (χ1n) is 7.57. The molecule has 0 bridgehead atoms. The lowest BCUT2D eigenvalue weighted by atomic mass is 10.0. The summed E-state index contributed by atoms with van der Waals surface area (Å²) in [6, 6.07) is 6.06. The molecule has 2 aliphatic rings. The summed E-state index contributed by atoms with van der Waals surface area (Å²) in [5, 5.41) is 13.7. The van der Waals surface area contributed by atoms with Crippen molar-refractivity contribution in [3.05, 3.63) is 23.8 Å². The molecule has 1 aromatic rings. The quantitative estimate of drug-likeness (QED) is 0.886. The Morgan fingerprint density at radius 2 is 1.80 bits per heavy atom. The highest BCUT2D eigenvalue weighted by molar-refractivity contribution is 5.43. The van der Waals surface area contributed by atoms with Crippen LogP contribution in [-0.4, -0.2) is 30.5 Å². The molecule has 1 aromatic carbocycles. The minimum Gasteiger partial charge on any atom is -0.490 e. The average molecular weight is 277 g/mol. The van der Waals surface area contributed by atoms with E-state index in [0.29, 0.717) is 13.2 Å². The molecule has 0 atom stereocenters. The topological polar surface area (TPSA) is 50.7 Å². The van der Waals surface area contributed by atoms with E-state index in [-0.39, 0.29) is 0 Å². The maximum Gasteiger partial charge on any atom is 0.161 e. The summed E-state index contributed by atoms with van der Waals surface area (Å²) in [6.45, 7) is 2.85. The Morgan fingerprint density at radius 1 is 1.05 bits per heavy atom. The summed E-state index contributed by atoms with van der Waals surface area (Å²) in [4.78, 5) is 0. The Morgan fingerprint density at radius 3 is 2.60 bits per heavy atom.